The molecule has 0 aromatic heterocycles. The smallest absolute Gasteiger partial charge is 0.417 e. The number of hydrogen-bond donors (Lipinski definition) is 1. The van der Waals surface area contributed by atoms with Crippen LogP contribution in [0.1, 0.15) is 27.0 Å². The van der Waals surface area contributed by atoms with E-state index in [9.17, 15) is 44.3 Å². The average molecular weight is 326 g/mol. The molecule has 21 heavy (non-hydrogen) atoms. The number of carbonyl (C=O) groups is 1. The minimum Gasteiger partial charge on any atom is -0.478 e. The van der Waals surface area contributed by atoms with Gasteiger partial charge in [-0.2, -0.15) is 39.5 Å². The first-order valence-corrected chi connectivity index (χ1v) is 4.78. The monoisotopic (exact) mass is 326 g/mol. The third-order valence-electron chi connectivity index (χ3n) is 2.28. The van der Waals surface area contributed by atoms with Gasteiger partial charge < -0.3 is 5.11 Å². The maximum atomic E-state index is 12.6. The van der Waals surface area contributed by atoms with Crippen LogP contribution in [-0.2, 0) is 18.5 Å². The Morgan fingerprint density at radius 3 is 1.57 bits per heavy atom. The Balaban J connectivity index is 3.89. The molecule has 0 fully saturated rings. The van der Waals surface area contributed by atoms with E-state index in [1.54, 1.807) is 0 Å². The first kappa shape index (κ1) is 17.1. The van der Waals surface area contributed by atoms with Crippen molar-refractivity contribution in [2.75, 3.05) is 0 Å². The van der Waals surface area contributed by atoms with Crippen molar-refractivity contribution in [3.8, 4) is 0 Å². The summed E-state index contributed by atoms with van der Waals surface area (Å²) in [6.07, 6.45) is -17.0. The van der Waals surface area contributed by atoms with Crippen LogP contribution in [0.3, 0.4) is 0 Å². The molecule has 0 aliphatic carbocycles. The standard InChI is InChI=1S/C10H3F9O2/c11-8(12,13)3-1-4(7(20)21)6(10(17,18)19)5(2-3)9(14,15)16/h1-2H,(H,20,21). The van der Waals surface area contributed by atoms with Crippen molar-refractivity contribution in [3.05, 3.63) is 34.4 Å². The summed E-state index contributed by atoms with van der Waals surface area (Å²) < 4.78 is 112. The number of rotatable bonds is 1. The predicted octanol–water partition coefficient (Wildman–Crippen LogP) is 4.44. The summed E-state index contributed by atoms with van der Waals surface area (Å²) in [4.78, 5) is 10.6. The van der Waals surface area contributed by atoms with Crippen molar-refractivity contribution in [3.63, 3.8) is 0 Å². The quantitative estimate of drug-likeness (QED) is 0.775. The zero-order chi connectivity index (χ0) is 16.8. The highest BCUT2D eigenvalue weighted by molar-refractivity contribution is 5.90. The number of carboxylic acids is 1. The lowest BCUT2D eigenvalue weighted by Gasteiger charge is -2.19. The van der Waals surface area contributed by atoms with E-state index in [1.165, 1.54) is 0 Å². The van der Waals surface area contributed by atoms with Gasteiger partial charge in [0.1, 0.15) is 0 Å². The molecular formula is C10H3F9O2. The number of aromatic carboxylic acids is 1. The van der Waals surface area contributed by atoms with Crippen LogP contribution in [0.2, 0.25) is 0 Å². The summed E-state index contributed by atoms with van der Waals surface area (Å²) in [5.41, 5.74) is -9.64. The summed E-state index contributed by atoms with van der Waals surface area (Å²) in [5, 5.41) is 8.47. The van der Waals surface area contributed by atoms with Crippen LogP contribution >= 0.6 is 0 Å². The third kappa shape index (κ3) is 3.58. The summed E-state index contributed by atoms with van der Waals surface area (Å²) in [6.45, 7) is 0. The Hall–Kier alpha value is -1.94. The molecule has 0 saturated carbocycles. The van der Waals surface area contributed by atoms with Crippen LogP contribution in [0.15, 0.2) is 12.1 Å². The van der Waals surface area contributed by atoms with Gasteiger partial charge in [-0.05, 0) is 12.1 Å². The second-order valence-electron chi connectivity index (χ2n) is 3.74. The number of alkyl halides is 9. The molecule has 0 atom stereocenters. The Morgan fingerprint density at radius 2 is 1.29 bits per heavy atom. The minimum atomic E-state index is -5.81. The zero-order valence-corrected chi connectivity index (χ0v) is 9.41. The van der Waals surface area contributed by atoms with Crippen molar-refractivity contribution >= 4 is 5.97 Å². The van der Waals surface area contributed by atoms with Crippen LogP contribution in [-0.4, -0.2) is 11.1 Å². The highest BCUT2D eigenvalue weighted by atomic mass is 19.4. The number of halogens is 9. The molecule has 11 heteroatoms. The maximum Gasteiger partial charge on any atom is 0.417 e. The van der Waals surface area contributed by atoms with E-state index in [1.807, 2.05) is 0 Å². The molecule has 2 nitrogen and oxygen atoms in total. The van der Waals surface area contributed by atoms with Gasteiger partial charge in [0.25, 0.3) is 0 Å². The van der Waals surface area contributed by atoms with Crippen LogP contribution in [0.25, 0.3) is 0 Å². The molecule has 1 aromatic rings. The van der Waals surface area contributed by atoms with Crippen LogP contribution in [0.4, 0.5) is 39.5 Å². The largest absolute Gasteiger partial charge is 0.478 e. The molecule has 0 heterocycles. The van der Waals surface area contributed by atoms with Gasteiger partial charge in [0.15, 0.2) is 0 Å². The molecule has 0 amide bonds. The van der Waals surface area contributed by atoms with Gasteiger partial charge >= 0.3 is 24.5 Å². The van der Waals surface area contributed by atoms with Gasteiger partial charge in [-0.1, -0.05) is 0 Å². The molecule has 0 spiro atoms. The molecule has 1 aromatic carbocycles. The molecule has 0 aliphatic rings. The normalized spacial score (nSPS) is 13.4. The van der Waals surface area contributed by atoms with E-state index in [0.29, 0.717) is 0 Å². The molecule has 118 valence electrons. The minimum absolute atomic E-state index is 0.486. The molecule has 1 rings (SSSR count). The molecular weight excluding hydrogens is 323 g/mol. The molecule has 0 radical (unpaired) electrons. The first-order chi connectivity index (χ1) is 9.15. The van der Waals surface area contributed by atoms with Gasteiger partial charge in [0.2, 0.25) is 0 Å². The third-order valence-corrected chi connectivity index (χ3v) is 2.28. The van der Waals surface area contributed by atoms with Gasteiger partial charge in [0, 0.05) is 0 Å². The number of benzene rings is 1. The summed E-state index contributed by atoms with van der Waals surface area (Å²) in [7, 11) is 0. The SMILES string of the molecule is O=C(O)c1cc(C(F)(F)F)cc(C(F)(F)F)c1C(F)(F)F. The van der Waals surface area contributed by atoms with Crippen molar-refractivity contribution in [2.45, 2.75) is 18.5 Å². The summed E-state index contributed by atoms with van der Waals surface area (Å²) >= 11 is 0. The van der Waals surface area contributed by atoms with Crippen molar-refractivity contribution in [1.29, 1.82) is 0 Å². The van der Waals surface area contributed by atoms with Crippen molar-refractivity contribution in [1.82, 2.24) is 0 Å². The lowest BCUT2D eigenvalue weighted by molar-refractivity contribution is -0.163. The van der Waals surface area contributed by atoms with Crippen LogP contribution in [0, 0.1) is 0 Å². The van der Waals surface area contributed by atoms with Crippen LogP contribution < -0.4 is 0 Å². The van der Waals surface area contributed by atoms with Crippen molar-refractivity contribution in [2.24, 2.45) is 0 Å². The lowest BCUT2D eigenvalue weighted by Crippen LogP contribution is -2.23. The Labute approximate surface area is 109 Å². The second kappa shape index (κ2) is 4.81. The first-order valence-electron chi connectivity index (χ1n) is 4.78. The Morgan fingerprint density at radius 1 is 0.810 bits per heavy atom. The van der Waals surface area contributed by atoms with E-state index in [0.717, 1.165) is 0 Å². The zero-order valence-electron chi connectivity index (χ0n) is 9.41. The highest BCUT2D eigenvalue weighted by Gasteiger charge is 2.48. The lowest BCUT2D eigenvalue weighted by atomic mass is 9.96. The van der Waals surface area contributed by atoms with E-state index >= 15 is 0 Å². The van der Waals surface area contributed by atoms with Gasteiger partial charge in [-0.15, -0.1) is 0 Å². The maximum absolute atomic E-state index is 12.6. The number of hydrogen-bond acceptors (Lipinski definition) is 1. The molecule has 1 N–H and O–H groups in total. The van der Waals surface area contributed by atoms with Crippen molar-refractivity contribution < 1.29 is 49.4 Å². The molecule has 0 bridgehead atoms. The van der Waals surface area contributed by atoms with E-state index in [4.69, 9.17) is 5.11 Å². The number of carboxylic acid groups (broad SMARTS) is 1. The van der Waals surface area contributed by atoms with Gasteiger partial charge in [0.05, 0.1) is 22.3 Å². The molecule has 0 aliphatic heterocycles. The summed E-state index contributed by atoms with van der Waals surface area (Å²) in [6, 6.07) is -1.25. The average Bonchev–Trinajstić information content (AvgIpc) is 2.23. The van der Waals surface area contributed by atoms with Crippen LogP contribution in [0.5, 0.6) is 0 Å². The molecule has 0 saturated heterocycles. The fourth-order valence-electron chi connectivity index (χ4n) is 1.50. The second-order valence-corrected chi connectivity index (χ2v) is 3.74. The Kier molecular flexibility index (Phi) is 3.92. The Bertz CT molecular complexity index is 566. The fraction of sp³-hybridized carbons (Fsp3) is 0.300. The van der Waals surface area contributed by atoms with E-state index in [-0.39, 0.29) is 0 Å². The topological polar surface area (TPSA) is 37.3 Å². The fourth-order valence-corrected chi connectivity index (χ4v) is 1.50. The van der Waals surface area contributed by atoms with E-state index in [2.05, 4.69) is 0 Å². The predicted molar refractivity (Wildman–Crippen MR) is 48.4 cm³/mol. The molecule has 0 unspecified atom stereocenters. The van der Waals surface area contributed by atoms with Gasteiger partial charge in [-0.25, -0.2) is 4.79 Å². The van der Waals surface area contributed by atoms with Gasteiger partial charge in [-0.3, -0.25) is 0 Å². The summed E-state index contributed by atoms with van der Waals surface area (Å²) in [5.74, 6) is -2.56. The van der Waals surface area contributed by atoms with E-state index < -0.39 is 58.9 Å². The highest BCUT2D eigenvalue weighted by Crippen LogP contribution is 2.44.